The van der Waals surface area contributed by atoms with E-state index in [9.17, 15) is 0 Å². The summed E-state index contributed by atoms with van der Waals surface area (Å²) >= 11 is 3.41. The van der Waals surface area contributed by atoms with Crippen molar-refractivity contribution in [3.8, 4) is 6.07 Å². The molecular weight excluding hydrogens is 242 g/mol. The van der Waals surface area contributed by atoms with Crippen LogP contribution in [0.25, 0.3) is 0 Å². The van der Waals surface area contributed by atoms with Crippen LogP contribution in [0.4, 0.5) is 0 Å². The van der Waals surface area contributed by atoms with Crippen LogP contribution in [0.5, 0.6) is 0 Å². The van der Waals surface area contributed by atoms with Gasteiger partial charge in [0.25, 0.3) is 0 Å². The molecule has 0 saturated carbocycles. The molecule has 0 atom stereocenters. The van der Waals surface area contributed by atoms with Gasteiger partial charge in [0.05, 0.1) is 10.2 Å². The van der Waals surface area contributed by atoms with Crippen molar-refractivity contribution in [1.82, 2.24) is 9.78 Å². The largest absolute Gasteiger partial charge is 0.270 e. The third-order valence-electron chi connectivity index (χ3n) is 1.91. The molecule has 0 spiro atoms. The van der Waals surface area contributed by atoms with Crippen LogP contribution in [-0.4, -0.2) is 9.78 Å². The summed E-state index contributed by atoms with van der Waals surface area (Å²) in [6, 6.07) is 2.06. The second kappa shape index (κ2) is 3.74. The van der Waals surface area contributed by atoms with Crippen molar-refractivity contribution >= 4 is 15.9 Å². The number of nitrogens with zero attached hydrogens (tertiary/aromatic N) is 3. The van der Waals surface area contributed by atoms with Gasteiger partial charge in [-0.05, 0) is 27.8 Å². The molecule has 0 aliphatic heterocycles. The summed E-state index contributed by atoms with van der Waals surface area (Å²) in [4.78, 5) is 0. The maximum atomic E-state index is 8.80. The molecule has 0 aliphatic rings. The zero-order valence-electron chi connectivity index (χ0n) is 8.93. The van der Waals surface area contributed by atoms with E-state index in [-0.39, 0.29) is 5.41 Å². The highest BCUT2D eigenvalue weighted by molar-refractivity contribution is 9.10. The minimum Gasteiger partial charge on any atom is -0.270 e. The lowest BCUT2D eigenvalue weighted by atomic mass is 9.90. The van der Waals surface area contributed by atoms with Crippen LogP contribution >= 0.6 is 15.9 Å². The minimum atomic E-state index is 0.197. The van der Waals surface area contributed by atoms with Gasteiger partial charge in [-0.15, -0.1) is 0 Å². The Hall–Kier alpha value is -0.820. The molecule has 1 heterocycles. The summed E-state index contributed by atoms with van der Waals surface area (Å²) in [6.07, 6.45) is 0.902. The Bertz CT molecular complexity index is 379. The predicted molar refractivity (Wildman–Crippen MR) is 58.8 cm³/mol. The first-order chi connectivity index (χ1) is 6.35. The van der Waals surface area contributed by atoms with Gasteiger partial charge >= 0.3 is 0 Å². The lowest BCUT2D eigenvalue weighted by Gasteiger charge is -2.18. The SMILES string of the molecule is Cn1nc(C#N)c(Br)c1CC(C)(C)C. The van der Waals surface area contributed by atoms with E-state index >= 15 is 0 Å². The highest BCUT2D eigenvalue weighted by Gasteiger charge is 2.19. The van der Waals surface area contributed by atoms with Gasteiger partial charge in [-0.25, -0.2) is 0 Å². The minimum absolute atomic E-state index is 0.197. The van der Waals surface area contributed by atoms with Crippen molar-refractivity contribution in [1.29, 1.82) is 5.26 Å². The highest BCUT2D eigenvalue weighted by Crippen LogP contribution is 2.27. The van der Waals surface area contributed by atoms with Gasteiger partial charge in [0.2, 0.25) is 0 Å². The van der Waals surface area contributed by atoms with Crippen LogP contribution in [-0.2, 0) is 13.5 Å². The molecule has 4 heteroatoms. The molecule has 0 radical (unpaired) electrons. The van der Waals surface area contributed by atoms with Crippen molar-refractivity contribution in [2.75, 3.05) is 0 Å². The summed E-state index contributed by atoms with van der Waals surface area (Å²) in [5.74, 6) is 0. The first-order valence-corrected chi connectivity index (χ1v) is 5.26. The lowest BCUT2D eigenvalue weighted by Crippen LogP contribution is -2.12. The van der Waals surface area contributed by atoms with Crippen LogP contribution in [0, 0.1) is 16.7 Å². The van der Waals surface area contributed by atoms with E-state index in [1.807, 2.05) is 7.05 Å². The lowest BCUT2D eigenvalue weighted by molar-refractivity contribution is 0.397. The second-order valence-corrected chi connectivity index (χ2v) is 5.38. The van der Waals surface area contributed by atoms with Gasteiger partial charge in [0.1, 0.15) is 6.07 Å². The van der Waals surface area contributed by atoms with E-state index in [1.54, 1.807) is 4.68 Å². The van der Waals surface area contributed by atoms with Crippen molar-refractivity contribution in [2.45, 2.75) is 27.2 Å². The molecule has 0 saturated heterocycles. The van der Waals surface area contributed by atoms with Crippen molar-refractivity contribution < 1.29 is 0 Å². The summed E-state index contributed by atoms with van der Waals surface area (Å²) in [7, 11) is 1.87. The molecular formula is C10H14BrN3. The van der Waals surface area contributed by atoms with E-state index < -0.39 is 0 Å². The van der Waals surface area contributed by atoms with E-state index in [0.29, 0.717) is 5.69 Å². The quantitative estimate of drug-likeness (QED) is 0.775. The Kier molecular flexibility index (Phi) is 3.01. The van der Waals surface area contributed by atoms with Crippen LogP contribution in [0.2, 0.25) is 0 Å². The van der Waals surface area contributed by atoms with E-state index in [2.05, 4.69) is 47.9 Å². The molecule has 0 aromatic carbocycles. The van der Waals surface area contributed by atoms with Crippen LogP contribution < -0.4 is 0 Å². The molecule has 0 N–H and O–H groups in total. The molecule has 0 aliphatic carbocycles. The zero-order chi connectivity index (χ0) is 10.9. The number of nitriles is 1. The Morgan fingerprint density at radius 1 is 1.50 bits per heavy atom. The smallest absolute Gasteiger partial charge is 0.176 e. The fourth-order valence-electron chi connectivity index (χ4n) is 1.30. The first-order valence-electron chi connectivity index (χ1n) is 4.46. The van der Waals surface area contributed by atoms with Crippen LogP contribution in [0.3, 0.4) is 0 Å². The normalized spacial score (nSPS) is 11.4. The third-order valence-corrected chi connectivity index (χ3v) is 2.74. The Morgan fingerprint density at radius 3 is 2.43 bits per heavy atom. The Labute approximate surface area is 92.9 Å². The number of aromatic nitrogens is 2. The Morgan fingerprint density at radius 2 is 2.07 bits per heavy atom. The highest BCUT2D eigenvalue weighted by atomic mass is 79.9. The maximum absolute atomic E-state index is 8.80. The summed E-state index contributed by atoms with van der Waals surface area (Å²) in [5.41, 5.74) is 1.74. The second-order valence-electron chi connectivity index (χ2n) is 4.58. The summed E-state index contributed by atoms with van der Waals surface area (Å²) in [5, 5.41) is 12.9. The zero-order valence-corrected chi connectivity index (χ0v) is 10.5. The fourth-order valence-corrected chi connectivity index (χ4v) is 1.86. The molecule has 0 amide bonds. The monoisotopic (exact) mass is 255 g/mol. The number of hydrogen-bond donors (Lipinski definition) is 0. The Balaban J connectivity index is 3.11. The predicted octanol–water partition coefficient (Wildman–Crippen LogP) is 2.64. The van der Waals surface area contributed by atoms with Gasteiger partial charge in [-0.3, -0.25) is 4.68 Å². The molecule has 0 unspecified atom stereocenters. The van der Waals surface area contributed by atoms with Gasteiger partial charge in [-0.1, -0.05) is 20.8 Å². The first kappa shape index (κ1) is 11.3. The molecule has 3 nitrogen and oxygen atoms in total. The van der Waals surface area contributed by atoms with Gasteiger partial charge in [-0.2, -0.15) is 10.4 Å². The third kappa shape index (κ3) is 2.36. The average Bonchev–Trinajstić information content (AvgIpc) is 2.29. The van der Waals surface area contributed by atoms with Gasteiger partial charge < -0.3 is 0 Å². The molecule has 0 fully saturated rings. The standard InChI is InChI=1S/C10H14BrN3/c1-10(2,3)5-8-9(11)7(6-12)13-14(8)4/h5H2,1-4H3. The molecule has 1 aromatic rings. The number of rotatable bonds is 1. The van der Waals surface area contributed by atoms with Crippen molar-refractivity contribution in [3.63, 3.8) is 0 Å². The van der Waals surface area contributed by atoms with Crippen LogP contribution in [0.1, 0.15) is 32.2 Å². The van der Waals surface area contributed by atoms with Crippen LogP contribution in [0.15, 0.2) is 4.47 Å². The molecule has 1 aromatic heterocycles. The maximum Gasteiger partial charge on any atom is 0.176 e. The summed E-state index contributed by atoms with van der Waals surface area (Å²) in [6.45, 7) is 6.50. The fraction of sp³-hybridized carbons (Fsp3) is 0.600. The van der Waals surface area contributed by atoms with Gasteiger partial charge in [0.15, 0.2) is 5.69 Å². The molecule has 14 heavy (non-hydrogen) atoms. The molecule has 0 bridgehead atoms. The van der Waals surface area contributed by atoms with E-state index in [1.165, 1.54) is 0 Å². The van der Waals surface area contributed by atoms with Crippen molar-refractivity contribution in [3.05, 3.63) is 15.9 Å². The number of halogens is 1. The van der Waals surface area contributed by atoms with Crippen molar-refractivity contribution in [2.24, 2.45) is 12.5 Å². The molecule has 76 valence electrons. The van der Waals surface area contributed by atoms with E-state index in [0.717, 1.165) is 16.6 Å². The number of aryl methyl sites for hydroxylation is 1. The van der Waals surface area contributed by atoms with E-state index in [4.69, 9.17) is 5.26 Å². The number of hydrogen-bond acceptors (Lipinski definition) is 2. The molecule has 1 rings (SSSR count). The topological polar surface area (TPSA) is 41.6 Å². The van der Waals surface area contributed by atoms with Gasteiger partial charge in [0, 0.05) is 7.05 Å². The average molecular weight is 256 g/mol. The summed E-state index contributed by atoms with van der Waals surface area (Å²) < 4.78 is 2.60.